The number of imidazole rings is 1. The van der Waals surface area contributed by atoms with Crippen LogP contribution in [0.2, 0.25) is 0 Å². The van der Waals surface area contributed by atoms with Crippen LogP contribution in [0.1, 0.15) is 5.56 Å². The van der Waals surface area contributed by atoms with Crippen molar-refractivity contribution >= 4 is 22.7 Å². The molecule has 0 saturated carbocycles. The van der Waals surface area contributed by atoms with E-state index in [4.69, 9.17) is 0 Å². The third kappa shape index (κ3) is 3.19. The number of benzene rings is 3. The number of aryl methyl sites for hydroxylation is 1. The van der Waals surface area contributed by atoms with Crippen LogP contribution in [0.3, 0.4) is 0 Å². The van der Waals surface area contributed by atoms with Gasteiger partial charge >= 0.3 is 5.69 Å². The van der Waals surface area contributed by atoms with E-state index in [0.717, 1.165) is 32.7 Å². The second-order valence-corrected chi connectivity index (χ2v) is 8.04. The lowest BCUT2D eigenvalue weighted by Gasteiger charge is -2.10. The van der Waals surface area contributed by atoms with Gasteiger partial charge in [-0.25, -0.2) is 4.79 Å². The molecule has 142 valence electrons. The quantitative estimate of drug-likeness (QED) is 0.404. The predicted octanol–water partition coefficient (Wildman–Crippen LogP) is 5.77. The standard InChI is InChI=1S/C24H19N3OS/c1-16-7-2-5-12-23(16)29-18-9-6-8-17(13-18)27-22(15-26-24(27)28)20-14-25-21-11-4-3-10-19(20)21/h2-15,25H,1H3,(H,26,28). The van der Waals surface area contributed by atoms with E-state index in [1.54, 1.807) is 22.5 Å². The fraction of sp³-hybridized carbons (Fsp3) is 0.0417. The van der Waals surface area contributed by atoms with Gasteiger partial charge in [0.2, 0.25) is 0 Å². The van der Waals surface area contributed by atoms with E-state index < -0.39 is 0 Å². The van der Waals surface area contributed by atoms with Gasteiger partial charge in [0.1, 0.15) is 0 Å². The molecule has 0 aliphatic heterocycles. The van der Waals surface area contributed by atoms with E-state index >= 15 is 0 Å². The van der Waals surface area contributed by atoms with Crippen LogP contribution in [0.15, 0.2) is 99.8 Å². The Morgan fingerprint density at radius 3 is 2.59 bits per heavy atom. The molecule has 29 heavy (non-hydrogen) atoms. The summed E-state index contributed by atoms with van der Waals surface area (Å²) in [5, 5.41) is 1.09. The summed E-state index contributed by atoms with van der Waals surface area (Å²) in [7, 11) is 0. The van der Waals surface area contributed by atoms with Crippen molar-refractivity contribution in [3.8, 4) is 16.9 Å². The monoisotopic (exact) mass is 397 g/mol. The lowest BCUT2D eigenvalue weighted by molar-refractivity contribution is 0.988. The van der Waals surface area contributed by atoms with Gasteiger partial charge in [-0.05, 0) is 42.8 Å². The summed E-state index contributed by atoms with van der Waals surface area (Å²) in [6.45, 7) is 2.11. The molecule has 0 aliphatic carbocycles. The number of para-hydroxylation sites is 1. The van der Waals surface area contributed by atoms with Gasteiger partial charge in [0, 0.05) is 38.7 Å². The minimum absolute atomic E-state index is 0.150. The van der Waals surface area contributed by atoms with E-state index in [1.165, 1.54) is 10.5 Å². The first-order chi connectivity index (χ1) is 14.2. The average Bonchev–Trinajstić information content (AvgIpc) is 3.33. The minimum atomic E-state index is -0.150. The van der Waals surface area contributed by atoms with Crippen LogP contribution in [0, 0.1) is 6.92 Å². The molecule has 0 bridgehead atoms. The molecule has 0 atom stereocenters. The second kappa shape index (κ2) is 7.18. The Balaban J connectivity index is 1.60. The van der Waals surface area contributed by atoms with Crippen LogP contribution < -0.4 is 5.69 Å². The molecule has 2 heterocycles. The highest BCUT2D eigenvalue weighted by molar-refractivity contribution is 7.99. The number of H-pyrrole nitrogens is 2. The highest BCUT2D eigenvalue weighted by Crippen LogP contribution is 2.33. The molecule has 0 spiro atoms. The minimum Gasteiger partial charge on any atom is -0.360 e. The van der Waals surface area contributed by atoms with Gasteiger partial charge in [0.25, 0.3) is 0 Å². The van der Waals surface area contributed by atoms with E-state index in [0.29, 0.717) is 0 Å². The fourth-order valence-electron chi connectivity index (χ4n) is 3.59. The molecule has 0 fully saturated rings. The molecule has 0 radical (unpaired) electrons. The third-order valence-electron chi connectivity index (χ3n) is 5.04. The topological polar surface area (TPSA) is 53.6 Å². The van der Waals surface area contributed by atoms with Crippen molar-refractivity contribution in [1.29, 1.82) is 0 Å². The van der Waals surface area contributed by atoms with Crippen LogP contribution in [0.4, 0.5) is 0 Å². The van der Waals surface area contributed by atoms with Crippen molar-refractivity contribution in [3.63, 3.8) is 0 Å². The van der Waals surface area contributed by atoms with Gasteiger partial charge in [0.05, 0.1) is 11.4 Å². The first-order valence-corrected chi connectivity index (χ1v) is 10.2. The summed E-state index contributed by atoms with van der Waals surface area (Å²) >= 11 is 1.71. The summed E-state index contributed by atoms with van der Waals surface area (Å²) in [6.07, 6.45) is 3.73. The number of hydrogen-bond acceptors (Lipinski definition) is 2. The van der Waals surface area contributed by atoms with Crippen molar-refractivity contribution in [2.24, 2.45) is 0 Å². The van der Waals surface area contributed by atoms with E-state index in [1.807, 2.05) is 48.7 Å². The van der Waals surface area contributed by atoms with E-state index in [-0.39, 0.29) is 5.69 Å². The largest absolute Gasteiger partial charge is 0.360 e. The average molecular weight is 398 g/mol. The van der Waals surface area contributed by atoms with Gasteiger partial charge in [-0.2, -0.15) is 0 Å². The molecule has 4 nitrogen and oxygen atoms in total. The number of rotatable bonds is 4. The van der Waals surface area contributed by atoms with Crippen molar-refractivity contribution < 1.29 is 0 Å². The Bertz CT molecular complexity index is 1380. The van der Waals surface area contributed by atoms with Crippen LogP contribution in [-0.2, 0) is 0 Å². The van der Waals surface area contributed by atoms with Crippen molar-refractivity contribution in [3.05, 3.63) is 101 Å². The van der Waals surface area contributed by atoms with Crippen LogP contribution in [0.25, 0.3) is 27.8 Å². The first-order valence-electron chi connectivity index (χ1n) is 9.41. The molecular weight excluding hydrogens is 378 g/mol. The Hall–Kier alpha value is -3.44. The third-order valence-corrected chi connectivity index (χ3v) is 6.21. The molecule has 5 rings (SSSR count). The molecule has 0 saturated heterocycles. The SMILES string of the molecule is Cc1ccccc1Sc1cccc(-n2c(-c3c[nH]c4ccccc34)c[nH]c2=O)c1. The Labute approximate surface area is 172 Å². The molecular formula is C24H19N3OS. The smallest absolute Gasteiger partial charge is 0.330 e. The Kier molecular flexibility index (Phi) is 4.37. The molecule has 2 N–H and O–H groups in total. The maximum Gasteiger partial charge on any atom is 0.330 e. The number of hydrogen-bond donors (Lipinski definition) is 2. The molecule has 0 aliphatic rings. The molecule has 0 unspecified atom stereocenters. The first kappa shape index (κ1) is 17.6. The normalized spacial score (nSPS) is 11.2. The maximum absolute atomic E-state index is 12.7. The van der Waals surface area contributed by atoms with Gasteiger partial charge in [0.15, 0.2) is 0 Å². The second-order valence-electron chi connectivity index (χ2n) is 6.93. The molecule has 2 aromatic heterocycles. The number of nitrogens with one attached hydrogen (secondary N) is 2. The van der Waals surface area contributed by atoms with Crippen LogP contribution >= 0.6 is 11.8 Å². The zero-order chi connectivity index (χ0) is 19.8. The molecule has 5 heteroatoms. The summed E-state index contributed by atoms with van der Waals surface area (Å²) in [6, 6.07) is 24.5. The lowest BCUT2D eigenvalue weighted by atomic mass is 10.1. The number of aromatic nitrogens is 3. The molecule has 5 aromatic rings. The Morgan fingerprint density at radius 2 is 1.69 bits per heavy atom. The highest BCUT2D eigenvalue weighted by Gasteiger charge is 2.15. The van der Waals surface area contributed by atoms with E-state index in [2.05, 4.69) is 47.2 Å². The zero-order valence-electron chi connectivity index (χ0n) is 15.8. The van der Waals surface area contributed by atoms with Crippen molar-refractivity contribution in [1.82, 2.24) is 14.5 Å². The summed E-state index contributed by atoms with van der Waals surface area (Å²) in [4.78, 5) is 21.1. The number of fused-ring (bicyclic) bond motifs is 1. The van der Waals surface area contributed by atoms with Crippen molar-refractivity contribution in [2.75, 3.05) is 0 Å². The summed E-state index contributed by atoms with van der Waals surface area (Å²) in [5.74, 6) is 0. The summed E-state index contributed by atoms with van der Waals surface area (Å²) in [5.41, 5.74) is 4.81. The molecule has 3 aromatic carbocycles. The van der Waals surface area contributed by atoms with Gasteiger partial charge in [-0.15, -0.1) is 0 Å². The van der Waals surface area contributed by atoms with Crippen LogP contribution in [-0.4, -0.2) is 14.5 Å². The predicted molar refractivity (Wildman–Crippen MR) is 119 cm³/mol. The van der Waals surface area contributed by atoms with Gasteiger partial charge < -0.3 is 9.97 Å². The molecule has 0 amide bonds. The van der Waals surface area contributed by atoms with Crippen LogP contribution in [0.5, 0.6) is 0 Å². The zero-order valence-corrected chi connectivity index (χ0v) is 16.7. The van der Waals surface area contributed by atoms with E-state index in [9.17, 15) is 4.79 Å². The number of nitrogens with zero attached hydrogens (tertiary/aromatic N) is 1. The van der Waals surface area contributed by atoms with Crippen molar-refractivity contribution in [2.45, 2.75) is 16.7 Å². The number of aromatic amines is 2. The van der Waals surface area contributed by atoms with Gasteiger partial charge in [-0.1, -0.05) is 54.2 Å². The van der Waals surface area contributed by atoms with Gasteiger partial charge in [-0.3, -0.25) is 4.57 Å². The Morgan fingerprint density at radius 1 is 0.862 bits per heavy atom. The summed E-state index contributed by atoms with van der Waals surface area (Å²) < 4.78 is 1.73. The highest BCUT2D eigenvalue weighted by atomic mass is 32.2. The fourth-order valence-corrected chi connectivity index (χ4v) is 4.55. The maximum atomic E-state index is 12.7. The lowest BCUT2D eigenvalue weighted by Crippen LogP contribution is -2.15.